The molecule has 0 aromatic heterocycles. The third kappa shape index (κ3) is 1.89. The highest BCUT2D eigenvalue weighted by atomic mass is 33.0. The largest absolute Gasteiger partial charge is 0.342 e. The van der Waals surface area contributed by atoms with Crippen LogP contribution >= 0.6 is 17.9 Å². The smallest absolute Gasteiger partial charge is 0.184 e. The molecule has 0 unspecified atom stereocenters. The van der Waals surface area contributed by atoms with E-state index in [4.69, 9.17) is 0 Å². The summed E-state index contributed by atoms with van der Waals surface area (Å²) in [5.74, 6) is 3.52. The van der Waals surface area contributed by atoms with E-state index >= 15 is 0 Å². The van der Waals surface area contributed by atoms with E-state index in [0.29, 0.717) is 0 Å². The molecule has 0 radical (unpaired) electrons. The molecule has 5 heteroatoms. The standard InChI is InChI=1S/C8H23O2PS2/c1-5-13(6-2,7-3,8-4)11(9,10)12/h9-10,12H,5-8H2,1-4H3. The number of thiol groups is 1. The van der Waals surface area contributed by atoms with Gasteiger partial charge in [-0.3, -0.25) is 0 Å². The van der Waals surface area contributed by atoms with Crippen molar-refractivity contribution in [3.8, 4) is 0 Å². The fraction of sp³-hybridized carbons (Fsp3) is 1.00. The predicted octanol–water partition coefficient (Wildman–Crippen LogP) is 2.35. The van der Waals surface area contributed by atoms with Gasteiger partial charge in [0.25, 0.3) is 0 Å². The van der Waals surface area contributed by atoms with Crippen LogP contribution in [0.5, 0.6) is 0 Å². The zero-order valence-corrected chi connectivity index (χ0v) is 11.6. The second-order valence-electron chi connectivity index (χ2n) is 3.41. The van der Waals surface area contributed by atoms with Crippen molar-refractivity contribution < 1.29 is 9.79 Å². The molecule has 0 aliphatic heterocycles. The summed E-state index contributed by atoms with van der Waals surface area (Å²) in [6.45, 7) is 8.26. The molecule has 0 spiro atoms. The first-order valence-electron chi connectivity index (χ1n) is 4.77. The fourth-order valence-corrected chi connectivity index (χ4v) is 14.1. The van der Waals surface area contributed by atoms with Gasteiger partial charge in [0.15, 0.2) is 5.69 Å². The van der Waals surface area contributed by atoms with Gasteiger partial charge in [-0.05, 0) is 23.0 Å². The van der Waals surface area contributed by atoms with Gasteiger partial charge < -0.3 is 9.79 Å². The summed E-state index contributed by atoms with van der Waals surface area (Å²) in [4.78, 5) is 19.9. The lowest BCUT2D eigenvalue weighted by molar-refractivity contribution is 0.501. The van der Waals surface area contributed by atoms with Crippen LogP contribution in [0.4, 0.5) is 0 Å². The lowest BCUT2D eigenvalue weighted by Crippen LogP contribution is -2.43. The number of hydrogen-bond donors (Lipinski definition) is 3. The first-order valence-corrected chi connectivity index (χ1v) is 10.9. The Hall–Kier alpha value is 1.05. The van der Waals surface area contributed by atoms with Crippen LogP contribution in [0.15, 0.2) is 0 Å². The highest BCUT2D eigenvalue weighted by Gasteiger charge is 2.35. The Balaban J connectivity index is 5.97. The van der Waals surface area contributed by atoms with Crippen molar-refractivity contribution in [1.29, 1.82) is 0 Å². The van der Waals surface area contributed by atoms with Gasteiger partial charge in [0.1, 0.15) is 0 Å². The Morgan fingerprint density at radius 2 is 1.15 bits per heavy atom. The molecule has 0 heterocycles. The highest BCUT2D eigenvalue weighted by Crippen LogP contribution is 2.61. The summed E-state index contributed by atoms with van der Waals surface area (Å²) in [6, 6.07) is 0. The summed E-state index contributed by atoms with van der Waals surface area (Å²) >= 11 is 4.11. The van der Waals surface area contributed by atoms with Gasteiger partial charge in [0.2, 0.25) is 0 Å². The molecule has 0 fully saturated rings. The maximum Gasteiger partial charge on any atom is 0.184 e. The van der Waals surface area contributed by atoms with Crippen LogP contribution in [0.2, 0.25) is 0 Å². The van der Waals surface area contributed by atoms with Gasteiger partial charge in [0, 0.05) is 0 Å². The summed E-state index contributed by atoms with van der Waals surface area (Å²) in [7, 11) is -2.06. The van der Waals surface area contributed by atoms with E-state index in [1.165, 1.54) is 0 Å². The van der Waals surface area contributed by atoms with Crippen LogP contribution < -0.4 is 0 Å². The van der Waals surface area contributed by atoms with Crippen molar-refractivity contribution in [2.75, 3.05) is 23.0 Å². The second kappa shape index (κ2) is 4.28. The minimum Gasteiger partial charge on any atom is -0.342 e. The maximum absolute atomic E-state index is 9.96. The van der Waals surface area contributed by atoms with Gasteiger partial charge in [-0.2, -0.15) is 8.34 Å². The molecule has 0 saturated carbocycles. The Labute approximate surface area is 87.0 Å². The molecule has 0 rings (SSSR count). The second-order valence-corrected chi connectivity index (χ2v) is 17.3. The zero-order chi connectivity index (χ0) is 10.8. The van der Waals surface area contributed by atoms with Crippen molar-refractivity contribution in [1.82, 2.24) is 0 Å². The molecule has 0 aromatic carbocycles. The van der Waals surface area contributed by atoms with Crippen molar-refractivity contribution in [2.45, 2.75) is 27.7 Å². The van der Waals surface area contributed by atoms with E-state index in [2.05, 4.69) is 39.9 Å². The monoisotopic (exact) mass is 246 g/mol. The summed E-state index contributed by atoms with van der Waals surface area (Å²) < 4.78 is 0. The predicted molar refractivity (Wildman–Crippen MR) is 69.9 cm³/mol. The molecule has 0 atom stereocenters. The van der Waals surface area contributed by atoms with Crippen molar-refractivity contribution >= 4 is 26.3 Å². The summed E-state index contributed by atoms with van der Waals surface area (Å²) in [5.41, 5.74) is -2.99. The molecule has 0 saturated heterocycles. The van der Waals surface area contributed by atoms with Crippen molar-refractivity contribution in [2.24, 2.45) is 0 Å². The molecule has 0 amide bonds. The molecular formula is C8H23O2PS2. The van der Waals surface area contributed by atoms with Gasteiger partial charge in [0.05, 0.1) is 0 Å². The SMILES string of the molecule is CCS(CC)(CC)(CC)=P(O)(O)S. The molecule has 13 heavy (non-hydrogen) atoms. The van der Waals surface area contributed by atoms with E-state index < -0.39 is 14.0 Å². The van der Waals surface area contributed by atoms with Crippen LogP contribution in [0.3, 0.4) is 0 Å². The molecule has 0 aromatic rings. The average Bonchev–Trinajstić information content (AvgIpc) is 2.08. The van der Waals surface area contributed by atoms with Crippen LogP contribution in [-0.4, -0.2) is 32.8 Å². The third-order valence-corrected chi connectivity index (χ3v) is 22.4. The molecule has 0 aliphatic carbocycles. The number of hydrogen-bond acceptors (Lipinski definition) is 0. The Morgan fingerprint density at radius 3 is 1.15 bits per heavy atom. The minimum absolute atomic E-state index is 0.880. The summed E-state index contributed by atoms with van der Waals surface area (Å²) in [5, 5.41) is 0. The fourth-order valence-electron chi connectivity index (χ4n) is 1.92. The van der Waals surface area contributed by atoms with Crippen LogP contribution in [0, 0.1) is 0 Å². The molecule has 0 bridgehead atoms. The first-order chi connectivity index (χ1) is 5.82. The van der Waals surface area contributed by atoms with E-state index in [9.17, 15) is 9.79 Å². The van der Waals surface area contributed by atoms with Gasteiger partial charge in [-0.15, -0.1) is 0 Å². The van der Waals surface area contributed by atoms with Crippen molar-refractivity contribution in [3.05, 3.63) is 0 Å². The van der Waals surface area contributed by atoms with E-state index in [0.717, 1.165) is 23.0 Å². The minimum atomic E-state index is -2.99. The van der Waals surface area contributed by atoms with Crippen LogP contribution in [0.25, 0.3) is 0 Å². The lowest BCUT2D eigenvalue weighted by Gasteiger charge is -2.50. The Kier molecular flexibility index (Phi) is 4.62. The van der Waals surface area contributed by atoms with Gasteiger partial charge in [-0.25, -0.2) is 0 Å². The Bertz CT molecular complexity index is 222. The molecule has 2 nitrogen and oxygen atoms in total. The van der Waals surface area contributed by atoms with Gasteiger partial charge >= 0.3 is 0 Å². The van der Waals surface area contributed by atoms with E-state index in [1.54, 1.807) is 0 Å². The topological polar surface area (TPSA) is 40.5 Å². The zero-order valence-electron chi connectivity index (χ0n) is 9.03. The maximum atomic E-state index is 9.96. The Morgan fingerprint density at radius 1 is 0.923 bits per heavy atom. The first kappa shape index (κ1) is 14.1. The quantitative estimate of drug-likeness (QED) is 0.526. The normalized spacial score (nSPS) is 16.7. The highest BCUT2D eigenvalue weighted by molar-refractivity contribution is 8.75. The average molecular weight is 246 g/mol. The third-order valence-electron chi connectivity index (χ3n) is 3.66. The van der Waals surface area contributed by atoms with Gasteiger partial charge in [-0.1, -0.05) is 39.9 Å². The van der Waals surface area contributed by atoms with Crippen molar-refractivity contribution in [3.63, 3.8) is 0 Å². The molecular weight excluding hydrogens is 223 g/mol. The van der Waals surface area contributed by atoms with Crippen LogP contribution in [0.1, 0.15) is 27.7 Å². The lowest BCUT2D eigenvalue weighted by atomic mass is 10.9. The van der Waals surface area contributed by atoms with E-state index in [-0.39, 0.29) is 0 Å². The van der Waals surface area contributed by atoms with E-state index in [1.807, 2.05) is 0 Å². The van der Waals surface area contributed by atoms with Crippen LogP contribution in [-0.2, 0) is 8.34 Å². The molecule has 84 valence electrons. The molecule has 0 aliphatic rings. The number of rotatable bonds is 4. The summed E-state index contributed by atoms with van der Waals surface area (Å²) in [6.07, 6.45) is 0. The molecule has 2 N–H and O–H groups in total.